The molecule has 25 heavy (non-hydrogen) atoms. The summed E-state index contributed by atoms with van der Waals surface area (Å²) in [5, 5.41) is 0. The monoisotopic (exact) mass is 409 g/mol. The maximum Gasteiger partial charge on any atom is 0.312 e. The number of alkyl halides is 1. The van der Waals surface area contributed by atoms with Gasteiger partial charge in [-0.15, -0.1) is 0 Å². The van der Waals surface area contributed by atoms with Crippen molar-refractivity contribution in [1.29, 1.82) is 0 Å². The molecule has 3 nitrogen and oxygen atoms in total. The molecule has 4 bridgehead atoms. The van der Waals surface area contributed by atoms with Crippen molar-refractivity contribution in [3.05, 3.63) is 0 Å². The molecule has 4 atom stereocenters. The van der Waals surface area contributed by atoms with Gasteiger partial charge in [-0.2, -0.15) is 0 Å². The van der Waals surface area contributed by atoms with E-state index in [1.807, 2.05) is 0 Å². The van der Waals surface area contributed by atoms with Crippen LogP contribution in [-0.4, -0.2) is 40.9 Å². The molecule has 6 aliphatic rings. The lowest BCUT2D eigenvalue weighted by Crippen LogP contribution is -2.56. The maximum absolute atomic E-state index is 13.2. The van der Waals surface area contributed by atoms with Gasteiger partial charge in [0.25, 0.3) is 0 Å². The van der Waals surface area contributed by atoms with Crippen molar-refractivity contribution < 1.29 is 9.53 Å². The van der Waals surface area contributed by atoms with Crippen molar-refractivity contribution in [2.24, 2.45) is 23.2 Å². The molecule has 2 unspecified atom stereocenters. The van der Waals surface area contributed by atoms with Crippen molar-refractivity contribution in [2.75, 3.05) is 19.7 Å². The van der Waals surface area contributed by atoms with E-state index in [0.29, 0.717) is 18.6 Å². The van der Waals surface area contributed by atoms with Crippen LogP contribution in [0.15, 0.2) is 0 Å². The zero-order chi connectivity index (χ0) is 17.1. The standard InChI is InChI=1S/C21H32BrNO2/c22-21-11-15-8-16(12-21)10-20(9-15,14-21)19(24)25-13-17-4-3-7-23-6-2-1-5-18(17)23/h15-18H,1-14H2/t15?,16?,17-,18+,20?,21?/m0/s1. The molecule has 2 aliphatic heterocycles. The van der Waals surface area contributed by atoms with Gasteiger partial charge in [-0.25, -0.2) is 0 Å². The van der Waals surface area contributed by atoms with Crippen LogP contribution < -0.4 is 0 Å². The number of rotatable bonds is 3. The van der Waals surface area contributed by atoms with E-state index in [1.54, 1.807) is 0 Å². The van der Waals surface area contributed by atoms with Gasteiger partial charge in [0.05, 0.1) is 12.0 Å². The quantitative estimate of drug-likeness (QED) is 0.506. The number of piperidine rings is 2. The summed E-state index contributed by atoms with van der Waals surface area (Å²) in [6.07, 6.45) is 13.6. The number of ether oxygens (including phenoxy) is 1. The molecule has 6 rings (SSSR count). The summed E-state index contributed by atoms with van der Waals surface area (Å²) in [5.41, 5.74) is -0.158. The number of nitrogens with zero attached hydrogens (tertiary/aromatic N) is 1. The number of halogens is 1. The van der Waals surface area contributed by atoms with Crippen molar-refractivity contribution in [2.45, 2.75) is 81.0 Å². The van der Waals surface area contributed by atoms with Crippen LogP contribution in [0.25, 0.3) is 0 Å². The van der Waals surface area contributed by atoms with E-state index in [2.05, 4.69) is 20.8 Å². The zero-order valence-corrected chi connectivity index (χ0v) is 16.9. The van der Waals surface area contributed by atoms with E-state index in [-0.39, 0.29) is 15.7 Å². The van der Waals surface area contributed by atoms with Crippen molar-refractivity contribution in [3.63, 3.8) is 0 Å². The van der Waals surface area contributed by atoms with Gasteiger partial charge in [0.15, 0.2) is 0 Å². The highest BCUT2D eigenvalue weighted by molar-refractivity contribution is 9.10. The fraction of sp³-hybridized carbons (Fsp3) is 0.952. The molecule has 2 saturated heterocycles. The van der Waals surface area contributed by atoms with Crippen LogP contribution in [0.2, 0.25) is 0 Å². The van der Waals surface area contributed by atoms with E-state index < -0.39 is 0 Å². The summed E-state index contributed by atoms with van der Waals surface area (Å²) >= 11 is 4.02. The minimum atomic E-state index is -0.158. The van der Waals surface area contributed by atoms with E-state index in [0.717, 1.165) is 31.1 Å². The van der Waals surface area contributed by atoms with Gasteiger partial charge in [-0.05, 0) is 89.1 Å². The maximum atomic E-state index is 13.2. The number of carbonyl (C=O) groups excluding carboxylic acids is 1. The van der Waals surface area contributed by atoms with Crippen LogP contribution in [0.1, 0.15) is 70.6 Å². The Hall–Kier alpha value is -0.0900. The fourth-order valence-corrected chi connectivity index (χ4v) is 8.95. The topological polar surface area (TPSA) is 29.5 Å². The third-order valence-corrected chi connectivity index (χ3v) is 9.01. The highest BCUT2D eigenvalue weighted by Gasteiger charge is 2.60. The van der Waals surface area contributed by atoms with E-state index in [1.165, 1.54) is 64.5 Å². The Morgan fingerprint density at radius 2 is 1.80 bits per heavy atom. The van der Waals surface area contributed by atoms with E-state index in [9.17, 15) is 4.79 Å². The minimum absolute atomic E-state index is 0.151. The predicted octanol–water partition coefficient (Wildman–Crippen LogP) is 4.53. The summed E-state index contributed by atoms with van der Waals surface area (Å²) in [6.45, 7) is 3.19. The van der Waals surface area contributed by atoms with Gasteiger partial charge in [0.1, 0.15) is 0 Å². The Morgan fingerprint density at radius 1 is 1.04 bits per heavy atom. The molecule has 0 radical (unpaired) electrons. The molecule has 140 valence electrons. The first-order chi connectivity index (χ1) is 12.1. The smallest absolute Gasteiger partial charge is 0.312 e. The number of hydrogen-bond acceptors (Lipinski definition) is 3. The second-order valence-electron chi connectivity index (χ2n) is 9.99. The van der Waals surface area contributed by atoms with Gasteiger partial charge in [-0.3, -0.25) is 9.69 Å². The summed E-state index contributed by atoms with van der Waals surface area (Å²) in [7, 11) is 0. The normalized spacial score (nSPS) is 49.0. The average molecular weight is 410 g/mol. The molecule has 4 heteroatoms. The van der Waals surface area contributed by atoms with E-state index in [4.69, 9.17) is 4.74 Å². The average Bonchev–Trinajstić information content (AvgIpc) is 2.57. The van der Waals surface area contributed by atoms with Crippen LogP contribution in [-0.2, 0) is 9.53 Å². The van der Waals surface area contributed by atoms with Crippen LogP contribution in [0.5, 0.6) is 0 Å². The van der Waals surface area contributed by atoms with E-state index >= 15 is 0 Å². The van der Waals surface area contributed by atoms with Crippen LogP contribution in [0.4, 0.5) is 0 Å². The SMILES string of the molecule is O=C(OC[C@@H]1CCCN2CCCC[C@H]12)C12CC3CC(CC(Br)(C3)C1)C2. The predicted molar refractivity (Wildman–Crippen MR) is 102 cm³/mol. The molecule has 6 fully saturated rings. The largest absolute Gasteiger partial charge is 0.465 e. The Bertz CT molecular complexity index is 534. The lowest BCUT2D eigenvalue weighted by molar-refractivity contribution is -0.172. The third kappa shape index (κ3) is 2.99. The first-order valence-electron chi connectivity index (χ1n) is 10.7. The van der Waals surface area contributed by atoms with Gasteiger partial charge in [0, 0.05) is 16.3 Å². The number of carbonyl (C=O) groups is 1. The summed E-state index contributed by atoms with van der Waals surface area (Å²) in [5.74, 6) is 2.22. The Labute approximate surface area is 160 Å². The second-order valence-corrected chi connectivity index (χ2v) is 11.7. The molecule has 0 aromatic rings. The minimum Gasteiger partial charge on any atom is -0.465 e. The first-order valence-corrected chi connectivity index (χ1v) is 11.4. The van der Waals surface area contributed by atoms with Crippen LogP contribution in [0, 0.1) is 23.2 Å². The van der Waals surface area contributed by atoms with Crippen LogP contribution >= 0.6 is 15.9 Å². The van der Waals surface area contributed by atoms with Crippen molar-refractivity contribution in [3.8, 4) is 0 Å². The highest BCUT2D eigenvalue weighted by atomic mass is 79.9. The Kier molecular flexibility index (Phi) is 4.24. The summed E-state index contributed by atoms with van der Waals surface area (Å²) in [4.78, 5) is 15.9. The summed E-state index contributed by atoms with van der Waals surface area (Å²) in [6, 6.07) is 0.675. The molecular weight excluding hydrogens is 378 g/mol. The fourth-order valence-electron chi connectivity index (χ4n) is 7.50. The molecule has 0 aromatic heterocycles. The third-order valence-electron chi connectivity index (χ3n) is 8.08. The molecule has 4 saturated carbocycles. The number of fused-ring (bicyclic) bond motifs is 1. The van der Waals surface area contributed by atoms with Gasteiger partial charge in [0.2, 0.25) is 0 Å². The molecule has 0 amide bonds. The van der Waals surface area contributed by atoms with Gasteiger partial charge < -0.3 is 4.74 Å². The van der Waals surface area contributed by atoms with Crippen molar-refractivity contribution >= 4 is 21.9 Å². The van der Waals surface area contributed by atoms with Gasteiger partial charge in [-0.1, -0.05) is 22.4 Å². The molecule has 0 spiro atoms. The Balaban J connectivity index is 1.25. The molecule has 4 aliphatic carbocycles. The number of hydrogen-bond donors (Lipinski definition) is 0. The highest BCUT2D eigenvalue weighted by Crippen LogP contribution is 2.64. The molecule has 2 heterocycles. The van der Waals surface area contributed by atoms with Crippen LogP contribution in [0.3, 0.4) is 0 Å². The first kappa shape index (κ1) is 17.0. The van der Waals surface area contributed by atoms with Crippen molar-refractivity contribution in [1.82, 2.24) is 4.90 Å². The molecule has 0 aromatic carbocycles. The molecular formula is C21H32BrNO2. The Morgan fingerprint density at radius 3 is 2.56 bits per heavy atom. The number of esters is 1. The molecule has 0 N–H and O–H groups in total. The second kappa shape index (κ2) is 6.22. The summed E-state index contributed by atoms with van der Waals surface area (Å²) < 4.78 is 6.31. The lowest BCUT2D eigenvalue weighted by atomic mass is 9.49. The lowest BCUT2D eigenvalue weighted by Gasteiger charge is -2.58. The van der Waals surface area contributed by atoms with Gasteiger partial charge >= 0.3 is 5.97 Å². The zero-order valence-electron chi connectivity index (χ0n) is 15.4.